The van der Waals surface area contributed by atoms with Gasteiger partial charge in [-0.2, -0.15) is 0 Å². The number of nitro benzene ring substituents is 1. The van der Waals surface area contributed by atoms with Gasteiger partial charge in [0.05, 0.1) is 17.7 Å². The lowest BCUT2D eigenvalue weighted by Gasteiger charge is -2.10. The molecule has 2 aromatic rings. The number of methoxy groups -OCH3 is 1. The lowest BCUT2D eigenvalue weighted by Crippen LogP contribution is -2.01. The summed E-state index contributed by atoms with van der Waals surface area (Å²) in [6.45, 7) is 0.493. The molecule has 0 aliphatic rings. The normalized spacial score (nSPS) is 10.1. The van der Waals surface area contributed by atoms with Crippen LogP contribution in [0.3, 0.4) is 0 Å². The van der Waals surface area contributed by atoms with Gasteiger partial charge in [-0.05, 0) is 33.6 Å². The monoisotopic (exact) mass is 336 g/mol. The summed E-state index contributed by atoms with van der Waals surface area (Å²) in [6, 6.07) is 12.1. The molecule has 2 aromatic carbocycles. The zero-order chi connectivity index (χ0) is 14.5. The number of anilines is 1. The lowest BCUT2D eigenvalue weighted by atomic mass is 10.2. The van der Waals surface area contributed by atoms with Crippen LogP contribution < -0.4 is 10.1 Å². The second-order valence-electron chi connectivity index (χ2n) is 4.13. The van der Waals surface area contributed by atoms with Crippen molar-refractivity contribution in [1.82, 2.24) is 0 Å². The van der Waals surface area contributed by atoms with Crippen molar-refractivity contribution < 1.29 is 9.66 Å². The number of nitro groups is 1. The average molecular weight is 337 g/mol. The molecule has 0 fully saturated rings. The molecule has 0 atom stereocenters. The van der Waals surface area contributed by atoms with Crippen LogP contribution in [0, 0.1) is 10.1 Å². The predicted molar refractivity (Wildman–Crippen MR) is 81.1 cm³/mol. The summed E-state index contributed by atoms with van der Waals surface area (Å²) in [4.78, 5) is 10.3. The first-order valence-electron chi connectivity index (χ1n) is 5.91. The Morgan fingerprint density at radius 2 is 2.10 bits per heavy atom. The molecule has 0 heterocycles. The van der Waals surface area contributed by atoms with Crippen LogP contribution in [0.15, 0.2) is 46.9 Å². The predicted octanol–water partition coefficient (Wildman–Crippen LogP) is 3.98. The minimum atomic E-state index is -0.398. The first-order valence-corrected chi connectivity index (χ1v) is 6.70. The Morgan fingerprint density at radius 3 is 2.80 bits per heavy atom. The van der Waals surface area contributed by atoms with E-state index in [1.54, 1.807) is 19.2 Å². The molecule has 0 amide bonds. The number of hydrogen-bond donors (Lipinski definition) is 1. The molecular weight excluding hydrogens is 324 g/mol. The number of nitrogens with zero attached hydrogens (tertiary/aromatic N) is 1. The maximum atomic E-state index is 10.7. The Labute approximate surface area is 124 Å². The van der Waals surface area contributed by atoms with Gasteiger partial charge in [-0.1, -0.05) is 12.1 Å². The van der Waals surface area contributed by atoms with Gasteiger partial charge in [-0.15, -0.1) is 0 Å². The fraction of sp³-hybridized carbons (Fsp3) is 0.143. The van der Waals surface area contributed by atoms with Gasteiger partial charge >= 0.3 is 0 Å². The zero-order valence-electron chi connectivity index (χ0n) is 10.8. The van der Waals surface area contributed by atoms with E-state index in [9.17, 15) is 10.1 Å². The van der Waals surface area contributed by atoms with E-state index < -0.39 is 4.92 Å². The molecule has 0 unspecified atom stereocenters. The third kappa shape index (κ3) is 3.48. The molecule has 0 saturated carbocycles. The summed E-state index contributed by atoms with van der Waals surface area (Å²) < 4.78 is 6.07. The van der Waals surface area contributed by atoms with Crippen molar-refractivity contribution in [2.45, 2.75) is 6.54 Å². The number of hydrogen-bond acceptors (Lipinski definition) is 4. The minimum Gasteiger partial charge on any atom is -0.497 e. The van der Waals surface area contributed by atoms with Crippen LogP contribution in [0.4, 0.5) is 11.4 Å². The summed E-state index contributed by atoms with van der Waals surface area (Å²) in [5, 5.41) is 13.9. The summed E-state index contributed by atoms with van der Waals surface area (Å²) in [7, 11) is 1.60. The molecular formula is C14H13BrN2O3. The van der Waals surface area contributed by atoms with Gasteiger partial charge < -0.3 is 10.1 Å². The quantitative estimate of drug-likeness (QED) is 0.662. The van der Waals surface area contributed by atoms with E-state index in [-0.39, 0.29) is 5.69 Å². The van der Waals surface area contributed by atoms with Gasteiger partial charge in [0.15, 0.2) is 0 Å². The van der Waals surface area contributed by atoms with Crippen molar-refractivity contribution in [3.05, 3.63) is 62.6 Å². The molecule has 5 nitrogen and oxygen atoms in total. The maximum Gasteiger partial charge on any atom is 0.269 e. The topological polar surface area (TPSA) is 64.4 Å². The third-order valence-corrected chi connectivity index (χ3v) is 3.47. The molecule has 1 N–H and O–H groups in total. The van der Waals surface area contributed by atoms with Crippen LogP contribution in [0.5, 0.6) is 5.75 Å². The Kier molecular flexibility index (Phi) is 4.57. The Hall–Kier alpha value is -2.08. The van der Waals surface area contributed by atoms with Crippen molar-refractivity contribution in [1.29, 1.82) is 0 Å². The second kappa shape index (κ2) is 6.38. The Morgan fingerprint density at radius 1 is 1.30 bits per heavy atom. The highest BCUT2D eigenvalue weighted by Gasteiger charge is 2.06. The molecule has 0 bridgehead atoms. The largest absolute Gasteiger partial charge is 0.497 e. The molecule has 0 spiro atoms. The molecule has 0 aromatic heterocycles. The Bertz CT molecular complexity index is 632. The van der Waals surface area contributed by atoms with Gasteiger partial charge in [-0.3, -0.25) is 10.1 Å². The summed E-state index contributed by atoms with van der Waals surface area (Å²) in [6.07, 6.45) is 0. The van der Waals surface area contributed by atoms with Gasteiger partial charge in [0.2, 0.25) is 0 Å². The molecule has 0 aliphatic carbocycles. The van der Waals surface area contributed by atoms with E-state index in [1.165, 1.54) is 6.07 Å². The van der Waals surface area contributed by atoms with E-state index in [2.05, 4.69) is 21.2 Å². The highest BCUT2D eigenvalue weighted by atomic mass is 79.9. The minimum absolute atomic E-state index is 0.0917. The summed E-state index contributed by atoms with van der Waals surface area (Å²) >= 11 is 3.44. The SMILES string of the molecule is COc1ccc(Br)c(NCc2cccc([N+](=O)[O-])c2)c1. The van der Waals surface area contributed by atoms with Crippen LogP contribution in [0.2, 0.25) is 0 Å². The van der Waals surface area contributed by atoms with Gasteiger partial charge in [0.1, 0.15) is 5.75 Å². The van der Waals surface area contributed by atoms with Crippen molar-refractivity contribution in [3.63, 3.8) is 0 Å². The van der Waals surface area contributed by atoms with E-state index in [1.807, 2.05) is 24.3 Å². The smallest absolute Gasteiger partial charge is 0.269 e. The van der Waals surface area contributed by atoms with Crippen LogP contribution in [0.25, 0.3) is 0 Å². The van der Waals surface area contributed by atoms with Crippen LogP contribution >= 0.6 is 15.9 Å². The molecule has 0 aliphatic heterocycles. The highest BCUT2D eigenvalue weighted by Crippen LogP contribution is 2.27. The zero-order valence-corrected chi connectivity index (χ0v) is 12.4. The number of ether oxygens (including phenoxy) is 1. The highest BCUT2D eigenvalue weighted by molar-refractivity contribution is 9.10. The molecule has 0 saturated heterocycles. The number of nitrogens with one attached hydrogen (secondary N) is 1. The van der Waals surface area contributed by atoms with Crippen molar-refractivity contribution in [3.8, 4) is 5.75 Å². The second-order valence-corrected chi connectivity index (χ2v) is 4.98. The Balaban J connectivity index is 2.12. The molecule has 0 radical (unpaired) electrons. The number of halogens is 1. The van der Waals surface area contributed by atoms with Crippen LogP contribution in [-0.4, -0.2) is 12.0 Å². The van der Waals surface area contributed by atoms with Gasteiger partial charge in [-0.25, -0.2) is 0 Å². The molecule has 104 valence electrons. The summed E-state index contributed by atoms with van der Waals surface area (Å²) in [5.74, 6) is 0.745. The van der Waals surface area contributed by atoms with E-state index in [0.29, 0.717) is 6.54 Å². The number of benzene rings is 2. The summed E-state index contributed by atoms with van der Waals surface area (Å²) in [5.41, 5.74) is 1.80. The molecule has 20 heavy (non-hydrogen) atoms. The van der Waals surface area contributed by atoms with Crippen LogP contribution in [0.1, 0.15) is 5.56 Å². The van der Waals surface area contributed by atoms with Crippen molar-refractivity contribution in [2.24, 2.45) is 0 Å². The fourth-order valence-electron chi connectivity index (χ4n) is 1.74. The van der Waals surface area contributed by atoms with E-state index in [4.69, 9.17) is 4.74 Å². The van der Waals surface area contributed by atoms with E-state index in [0.717, 1.165) is 21.5 Å². The first-order chi connectivity index (χ1) is 9.60. The van der Waals surface area contributed by atoms with Crippen LogP contribution in [-0.2, 0) is 6.54 Å². The number of rotatable bonds is 5. The standard InChI is InChI=1S/C14H13BrN2O3/c1-20-12-5-6-13(15)14(8-12)16-9-10-3-2-4-11(7-10)17(18)19/h2-8,16H,9H2,1H3. The first kappa shape index (κ1) is 14.3. The van der Waals surface area contributed by atoms with Gasteiger partial charge in [0, 0.05) is 29.2 Å². The number of non-ortho nitro benzene ring substituents is 1. The van der Waals surface area contributed by atoms with Gasteiger partial charge in [0.25, 0.3) is 5.69 Å². The molecule has 6 heteroatoms. The fourth-order valence-corrected chi connectivity index (χ4v) is 2.13. The lowest BCUT2D eigenvalue weighted by molar-refractivity contribution is -0.384. The molecule has 2 rings (SSSR count). The van der Waals surface area contributed by atoms with E-state index >= 15 is 0 Å². The van der Waals surface area contributed by atoms with Crippen molar-refractivity contribution in [2.75, 3.05) is 12.4 Å². The maximum absolute atomic E-state index is 10.7. The average Bonchev–Trinajstić information content (AvgIpc) is 2.46. The van der Waals surface area contributed by atoms with Crippen molar-refractivity contribution >= 4 is 27.3 Å². The third-order valence-electron chi connectivity index (χ3n) is 2.78.